The highest BCUT2D eigenvalue weighted by atomic mass is 19.4. The Hall–Kier alpha value is -2.83. The highest BCUT2D eigenvalue weighted by Gasteiger charge is 2.61. The molecule has 2 aliphatic rings. The molecule has 0 aliphatic carbocycles. The maximum atomic E-state index is 13.6. The molecule has 0 radical (unpaired) electrons. The van der Waals surface area contributed by atoms with Crippen LogP contribution in [0.5, 0.6) is 0 Å². The molecule has 4 rings (SSSR count). The van der Waals surface area contributed by atoms with E-state index in [0.717, 1.165) is 12.3 Å². The standard InChI is InChI=1S/C18H17F6N5O2/c19-17(20,21)10-1-2-11(25-8-10)29-5-3-9(4-6-29)14-13-15(28-27-14)26-12(30)7-16(13,31)18(22,23)24/h1-2,8-9,31H,3-7H2,(H2,26,27,28,30)/t16-/m1/s1. The summed E-state index contributed by atoms with van der Waals surface area (Å²) in [5.41, 5.74) is -4.61. The second-order valence-corrected chi connectivity index (χ2v) is 7.61. The van der Waals surface area contributed by atoms with Crippen molar-refractivity contribution in [1.29, 1.82) is 0 Å². The largest absolute Gasteiger partial charge is 0.422 e. The van der Waals surface area contributed by atoms with Gasteiger partial charge in [0, 0.05) is 30.9 Å². The van der Waals surface area contributed by atoms with Gasteiger partial charge in [-0.2, -0.15) is 31.4 Å². The van der Waals surface area contributed by atoms with Crippen LogP contribution in [-0.4, -0.2) is 45.5 Å². The smallest absolute Gasteiger partial charge is 0.376 e. The SMILES string of the molecule is O=C1C[C@](O)(C(F)(F)F)c2c(n[nH]c2C2CCN(c3ccc(C(F)(F)F)cn3)CC2)N1. The highest BCUT2D eigenvalue weighted by Crippen LogP contribution is 2.49. The Morgan fingerprint density at radius 1 is 1.13 bits per heavy atom. The van der Waals surface area contributed by atoms with Gasteiger partial charge in [-0.1, -0.05) is 0 Å². The predicted octanol–water partition coefficient (Wildman–Crippen LogP) is 3.30. The highest BCUT2D eigenvalue weighted by molar-refractivity contribution is 5.94. The average molecular weight is 449 g/mol. The van der Waals surface area contributed by atoms with Crippen LogP contribution in [0.2, 0.25) is 0 Å². The van der Waals surface area contributed by atoms with Crippen molar-refractivity contribution in [3.8, 4) is 0 Å². The van der Waals surface area contributed by atoms with E-state index < -0.39 is 47.3 Å². The third-order valence-electron chi connectivity index (χ3n) is 5.65. The number of aromatic amines is 1. The number of halogens is 6. The molecule has 0 spiro atoms. The first-order chi connectivity index (χ1) is 14.4. The minimum atomic E-state index is -5.08. The molecule has 13 heteroatoms. The Bertz CT molecular complexity index is 979. The van der Waals surface area contributed by atoms with Crippen LogP contribution in [0.25, 0.3) is 0 Å². The van der Waals surface area contributed by atoms with Gasteiger partial charge in [0.15, 0.2) is 11.4 Å². The number of nitrogens with zero attached hydrogens (tertiary/aromatic N) is 3. The van der Waals surface area contributed by atoms with Gasteiger partial charge >= 0.3 is 12.4 Å². The molecule has 4 heterocycles. The first-order valence-corrected chi connectivity index (χ1v) is 9.36. The number of amides is 1. The number of fused-ring (bicyclic) bond motifs is 1. The molecule has 3 N–H and O–H groups in total. The molecule has 1 saturated heterocycles. The maximum Gasteiger partial charge on any atom is 0.422 e. The zero-order valence-corrected chi connectivity index (χ0v) is 15.8. The predicted molar refractivity (Wildman–Crippen MR) is 95.2 cm³/mol. The molecule has 7 nitrogen and oxygen atoms in total. The lowest BCUT2D eigenvalue weighted by Crippen LogP contribution is -2.48. The summed E-state index contributed by atoms with van der Waals surface area (Å²) in [5.74, 6) is -1.44. The van der Waals surface area contributed by atoms with Crippen LogP contribution in [0.1, 0.15) is 42.0 Å². The molecular weight excluding hydrogens is 432 g/mol. The third-order valence-corrected chi connectivity index (χ3v) is 5.65. The summed E-state index contributed by atoms with van der Waals surface area (Å²) in [6.45, 7) is 0.654. The number of hydrogen-bond acceptors (Lipinski definition) is 5. The second-order valence-electron chi connectivity index (χ2n) is 7.61. The molecule has 1 amide bonds. The monoisotopic (exact) mass is 449 g/mol. The molecule has 1 fully saturated rings. The Labute approximate surface area is 171 Å². The minimum absolute atomic E-state index is 0.0925. The van der Waals surface area contributed by atoms with Gasteiger partial charge in [-0.15, -0.1) is 0 Å². The van der Waals surface area contributed by atoms with Crippen molar-refractivity contribution < 1.29 is 36.2 Å². The fourth-order valence-electron chi connectivity index (χ4n) is 4.04. The van der Waals surface area contributed by atoms with Gasteiger partial charge in [0.05, 0.1) is 17.5 Å². The minimum Gasteiger partial charge on any atom is -0.376 e. The normalized spacial score (nSPS) is 22.9. The zero-order valence-electron chi connectivity index (χ0n) is 15.8. The molecule has 2 aliphatic heterocycles. The van der Waals surface area contributed by atoms with E-state index in [1.165, 1.54) is 6.07 Å². The quantitative estimate of drug-likeness (QED) is 0.612. The van der Waals surface area contributed by atoms with E-state index in [2.05, 4.69) is 20.5 Å². The first-order valence-electron chi connectivity index (χ1n) is 9.36. The third kappa shape index (κ3) is 3.70. The van der Waals surface area contributed by atoms with Gasteiger partial charge in [0.2, 0.25) is 5.91 Å². The summed E-state index contributed by atoms with van der Waals surface area (Å²) in [7, 11) is 0. The maximum absolute atomic E-state index is 13.6. The number of alkyl halides is 6. The lowest BCUT2D eigenvalue weighted by molar-refractivity contribution is -0.267. The molecule has 168 valence electrons. The molecule has 0 aromatic carbocycles. The van der Waals surface area contributed by atoms with Gasteiger partial charge in [0.25, 0.3) is 0 Å². The summed E-state index contributed by atoms with van der Waals surface area (Å²) in [6, 6.07) is 2.17. The molecule has 1 atom stereocenters. The topological polar surface area (TPSA) is 94.1 Å². The van der Waals surface area contributed by atoms with Gasteiger partial charge < -0.3 is 15.3 Å². The van der Waals surface area contributed by atoms with Crippen LogP contribution in [0, 0.1) is 0 Å². The number of piperidine rings is 1. The number of H-pyrrole nitrogens is 1. The van der Waals surface area contributed by atoms with Gasteiger partial charge in [-0.25, -0.2) is 4.98 Å². The van der Waals surface area contributed by atoms with E-state index in [1.807, 2.05) is 0 Å². The van der Waals surface area contributed by atoms with Crippen LogP contribution in [0.3, 0.4) is 0 Å². The van der Waals surface area contributed by atoms with E-state index in [9.17, 15) is 36.2 Å². The summed E-state index contributed by atoms with van der Waals surface area (Å²) >= 11 is 0. The Kier molecular flexibility index (Phi) is 4.91. The van der Waals surface area contributed by atoms with E-state index in [0.29, 0.717) is 31.7 Å². The molecule has 0 unspecified atom stereocenters. The lowest BCUT2D eigenvalue weighted by atomic mass is 9.81. The summed E-state index contributed by atoms with van der Waals surface area (Å²) in [6.07, 6.45) is -9.31. The van der Waals surface area contributed by atoms with Crippen LogP contribution >= 0.6 is 0 Å². The molecular formula is C18H17F6N5O2. The number of anilines is 2. The number of carbonyl (C=O) groups excluding carboxylic acids is 1. The van der Waals surface area contributed by atoms with Crippen LogP contribution in [-0.2, 0) is 16.6 Å². The van der Waals surface area contributed by atoms with Crippen molar-refractivity contribution >= 4 is 17.5 Å². The van der Waals surface area contributed by atoms with Crippen LogP contribution < -0.4 is 10.2 Å². The first kappa shape index (κ1) is 21.4. The van der Waals surface area contributed by atoms with Crippen LogP contribution in [0.4, 0.5) is 38.0 Å². The molecule has 0 saturated carbocycles. The number of aliphatic hydroxyl groups is 1. The van der Waals surface area contributed by atoms with Gasteiger partial charge in [0.1, 0.15) is 5.82 Å². The summed E-state index contributed by atoms with van der Waals surface area (Å²) in [5, 5.41) is 18.9. The van der Waals surface area contributed by atoms with Crippen molar-refractivity contribution in [3.05, 3.63) is 35.2 Å². The zero-order chi connectivity index (χ0) is 22.6. The van der Waals surface area contributed by atoms with Gasteiger partial charge in [-0.05, 0) is 25.0 Å². The number of nitrogens with one attached hydrogen (secondary N) is 2. The van der Waals surface area contributed by atoms with Crippen molar-refractivity contribution in [1.82, 2.24) is 15.2 Å². The lowest BCUT2D eigenvalue weighted by Gasteiger charge is -2.37. The molecule has 31 heavy (non-hydrogen) atoms. The van der Waals surface area contributed by atoms with E-state index in [-0.39, 0.29) is 11.5 Å². The Balaban J connectivity index is 1.54. The Morgan fingerprint density at radius 3 is 2.35 bits per heavy atom. The van der Waals surface area contributed by atoms with E-state index >= 15 is 0 Å². The number of hydrogen-bond donors (Lipinski definition) is 3. The average Bonchev–Trinajstić information content (AvgIpc) is 3.11. The van der Waals surface area contributed by atoms with Crippen LogP contribution in [0.15, 0.2) is 18.3 Å². The number of rotatable bonds is 2. The van der Waals surface area contributed by atoms with Crippen molar-refractivity contribution in [2.75, 3.05) is 23.3 Å². The second kappa shape index (κ2) is 7.11. The Morgan fingerprint density at radius 2 is 1.81 bits per heavy atom. The number of aromatic nitrogens is 3. The van der Waals surface area contributed by atoms with Crippen molar-refractivity contribution in [2.45, 2.75) is 43.1 Å². The fraction of sp³-hybridized carbons (Fsp3) is 0.500. The summed E-state index contributed by atoms with van der Waals surface area (Å²) < 4.78 is 79.0. The number of pyridine rings is 1. The molecule has 0 bridgehead atoms. The summed E-state index contributed by atoms with van der Waals surface area (Å²) in [4.78, 5) is 17.2. The molecule has 2 aromatic heterocycles. The van der Waals surface area contributed by atoms with E-state index in [4.69, 9.17) is 0 Å². The molecule has 2 aromatic rings. The van der Waals surface area contributed by atoms with Gasteiger partial charge in [-0.3, -0.25) is 9.89 Å². The van der Waals surface area contributed by atoms with Crippen molar-refractivity contribution in [3.63, 3.8) is 0 Å². The van der Waals surface area contributed by atoms with Crippen molar-refractivity contribution in [2.24, 2.45) is 0 Å². The van der Waals surface area contributed by atoms with E-state index in [1.54, 1.807) is 4.90 Å². The fourth-order valence-corrected chi connectivity index (χ4v) is 4.04. The number of carbonyl (C=O) groups is 1.